The fourth-order valence-corrected chi connectivity index (χ4v) is 4.15. The minimum absolute atomic E-state index is 0.0310. The average molecular weight is 470 g/mol. The Kier molecular flexibility index (Phi) is 6.72. The first kappa shape index (κ1) is 22.6. The van der Waals surface area contributed by atoms with Gasteiger partial charge in [-0.05, 0) is 42.5 Å². The van der Waals surface area contributed by atoms with Crippen molar-refractivity contribution in [1.29, 1.82) is 0 Å². The molecule has 35 heavy (non-hydrogen) atoms. The number of pyridine rings is 1. The highest BCUT2D eigenvalue weighted by Gasteiger charge is 2.23. The van der Waals surface area contributed by atoms with E-state index in [0.717, 1.165) is 17.0 Å². The fraction of sp³-hybridized carbons (Fsp3) is 0.222. The Labute approximate surface area is 203 Å². The van der Waals surface area contributed by atoms with Crippen LogP contribution >= 0.6 is 0 Å². The number of carbonyl (C=O) groups excluding carboxylic acids is 2. The predicted molar refractivity (Wildman–Crippen MR) is 133 cm³/mol. The van der Waals surface area contributed by atoms with Crippen LogP contribution in [0.4, 0.5) is 5.69 Å². The SMILES string of the molecule is O=C(CN1CCN(C(=O)c2cccc(OCc3cn4ccccc4n3)c2)CC1)Nc1ccccc1. The summed E-state index contributed by atoms with van der Waals surface area (Å²) in [7, 11) is 0. The molecule has 4 aromatic rings. The Bertz CT molecular complexity index is 1280. The molecule has 8 nitrogen and oxygen atoms in total. The van der Waals surface area contributed by atoms with Gasteiger partial charge >= 0.3 is 0 Å². The van der Waals surface area contributed by atoms with Crippen LogP contribution in [-0.4, -0.2) is 63.7 Å². The third-order valence-electron chi connectivity index (χ3n) is 5.97. The number of ether oxygens (including phenoxy) is 1. The quantitative estimate of drug-likeness (QED) is 0.449. The Balaban J connectivity index is 1.12. The summed E-state index contributed by atoms with van der Waals surface area (Å²) >= 11 is 0. The van der Waals surface area contributed by atoms with E-state index in [-0.39, 0.29) is 11.8 Å². The van der Waals surface area contributed by atoms with Gasteiger partial charge in [-0.25, -0.2) is 4.98 Å². The second-order valence-corrected chi connectivity index (χ2v) is 8.50. The van der Waals surface area contributed by atoms with Gasteiger partial charge in [0.05, 0.1) is 12.2 Å². The average Bonchev–Trinajstić information content (AvgIpc) is 3.31. The first-order valence-corrected chi connectivity index (χ1v) is 11.7. The van der Waals surface area contributed by atoms with E-state index in [1.54, 1.807) is 12.1 Å². The number of aromatic nitrogens is 2. The van der Waals surface area contributed by atoms with Gasteiger partial charge in [0, 0.05) is 49.8 Å². The first-order valence-electron chi connectivity index (χ1n) is 11.7. The van der Waals surface area contributed by atoms with Gasteiger partial charge in [-0.1, -0.05) is 30.3 Å². The molecule has 1 fully saturated rings. The van der Waals surface area contributed by atoms with E-state index in [1.807, 2.05) is 82.4 Å². The van der Waals surface area contributed by atoms with Gasteiger partial charge in [-0.2, -0.15) is 0 Å². The molecule has 1 saturated heterocycles. The number of amides is 2. The summed E-state index contributed by atoms with van der Waals surface area (Å²) in [5.74, 6) is 0.548. The normalized spacial score (nSPS) is 14.1. The van der Waals surface area contributed by atoms with E-state index >= 15 is 0 Å². The van der Waals surface area contributed by atoms with Gasteiger partial charge in [0.15, 0.2) is 0 Å². The molecule has 0 saturated carbocycles. The van der Waals surface area contributed by atoms with E-state index in [9.17, 15) is 9.59 Å². The van der Waals surface area contributed by atoms with Crippen molar-refractivity contribution in [3.63, 3.8) is 0 Å². The molecule has 1 aliphatic rings. The number of fused-ring (bicyclic) bond motifs is 1. The fourth-order valence-electron chi connectivity index (χ4n) is 4.15. The topological polar surface area (TPSA) is 79.2 Å². The van der Waals surface area contributed by atoms with Gasteiger partial charge in [-0.3, -0.25) is 14.5 Å². The number of nitrogens with one attached hydrogen (secondary N) is 1. The van der Waals surface area contributed by atoms with Crippen LogP contribution in [0.15, 0.2) is 85.2 Å². The van der Waals surface area contributed by atoms with E-state index in [0.29, 0.717) is 50.6 Å². The number of para-hydroxylation sites is 1. The standard InChI is InChI=1S/C27H27N5O3/c33-26(29-22-8-2-1-3-9-22)19-30-13-15-31(16-14-30)27(34)21-7-6-10-24(17-21)35-20-23-18-32-12-5-4-11-25(32)28-23/h1-12,17-18H,13-16,19-20H2,(H,29,33). The minimum Gasteiger partial charge on any atom is -0.487 e. The molecule has 178 valence electrons. The van der Waals surface area contributed by atoms with Crippen LogP contribution in [0, 0.1) is 0 Å². The summed E-state index contributed by atoms with van der Waals surface area (Å²) in [4.78, 5) is 33.8. The molecule has 5 rings (SSSR count). The molecule has 0 atom stereocenters. The lowest BCUT2D eigenvalue weighted by atomic mass is 10.1. The number of hydrogen-bond acceptors (Lipinski definition) is 5. The molecule has 8 heteroatoms. The first-order chi connectivity index (χ1) is 17.1. The summed E-state index contributed by atoms with van der Waals surface area (Å²) in [5, 5.41) is 2.91. The molecular weight excluding hydrogens is 442 g/mol. The zero-order chi connectivity index (χ0) is 24.0. The van der Waals surface area contributed by atoms with Gasteiger partial charge < -0.3 is 19.4 Å². The lowest BCUT2D eigenvalue weighted by molar-refractivity contribution is -0.117. The lowest BCUT2D eigenvalue weighted by Crippen LogP contribution is -2.50. The molecule has 3 heterocycles. The largest absolute Gasteiger partial charge is 0.487 e. The number of imidazole rings is 1. The number of hydrogen-bond donors (Lipinski definition) is 1. The summed E-state index contributed by atoms with van der Waals surface area (Å²) in [5.41, 5.74) is 3.06. The predicted octanol–water partition coefficient (Wildman–Crippen LogP) is 3.31. The van der Waals surface area contributed by atoms with Crippen molar-refractivity contribution >= 4 is 23.1 Å². The Morgan fingerprint density at radius 3 is 2.51 bits per heavy atom. The monoisotopic (exact) mass is 469 g/mol. The number of anilines is 1. The van der Waals surface area contributed by atoms with Crippen LogP contribution in [0.2, 0.25) is 0 Å². The van der Waals surface area contributed by atoms with E-state index < -0.39 is 0 Å². The van der Waals surface area contributed by atoms with Gasteiger partial charge in [0.25, 0.3) is 5.91 Å². The van der Waals surface area contributed by atoms with Crippen LogP contribution < -0.4 is 10.1 Å². The molecule has 0 unspecified atom stereocenters. The Morgan fingerprint density at radius 1 is 0.914 bits per heavy atom. The molecule has 1 aliphatic heterocycles. The third kappa shape index (κ3) is 5.67. The molecule has 0 aliphatic carbocycles. The maximum absolute atomic E-state index is 13.1. The van der Waals surface area contributed by atoms with Crippen LogP contribution in [-0.2, 0) is 11.4 Å². The Morgan fingerprint density at radius 2 is 1.71 bits per heavy atom. The summed E-state index contributed by atoms with van der Waals surface area (Å²) in [6.45, 7) is 3.08. The molecule has 1 N–H and O–H groups in total. The number of piperazine rings is 1. The maximum Gasteiger partial charge on any atom is 0.254 e. The zero-order valence-corrected chi connectivity index (χ0v) is 19.3. The van der Waals surface area contributed by atoms with Crippen molar-refractivity contribution in [2.75, 3.05) is 38.0 Å². The zero-order valence-electron chi connectivity index (χ0n) is 19.3. The van der Waals surface area contributed by atoms with Crippen molar-refractivity contribution in [3.8, 4) is 5.75 Å². The summed E-state index contributed by atoms with van der Waals surface area (Å²) < 4.78 is 7.86. The third-order valence-corrected chi connectivity index (χ3v) is 5.97. The van der Waals surface area contributed by atoms with Crippen molar-refractivity contribution in [2.45, 2.75) is 6.61 Å². The van der Waals surface area contributed by atoms with Gasteiger partial charge in [0.2, 0.25) is 5.91 Å². The van der Waals surface area contributed by atoms with Crippen LogP contribution in [0.25, 0.3) is 5.65 Å². The van der Waals surface area contributed by atoms with Crippen molar-refractivity contribution < 1.29 is 14.3 Å². The second-order valence-electron chi connectivity index (χ2n) is 8.50. The molecule has 2 aromatic heterocycles. The number of benzene rings is 2. The van der Waals surface area contributed by atoms with Crippen molar-refractivity contribution in [3.05, 3.63) is 96.4 Å². The maximum atomic E-state index is 13.1. The Hall–Kier alpha value is -4.17. The van der Waals surface area contributed by atoms with Gasteiger partial charge in [0.1, 0.15) is 18.0 Å². The van der Waals surface area contributed by atoms with E-state index in [4.69, 9.17) is 4.74 Å². The summed E-state index contributed by atoms with van der Waals surface area (Å²) in [6, 6.07) is 22.5. The number of rotatable bonds is 7. The molecule has 0 radical (unpaired) electrons. The number of nitrogens with zero attached hydrogens (tertiary/aromatic N) is 4. The van der Waals surface area contributed by atoms with E-state index in [2.05, 4.69) is 15.2 Å². The molecule has 0 bridgehead atoms. The van der Waals surface area contributed by atoms with Crippen LogP contribution in [0.3, 0.4) is 0 Å². The minimum atomic E-state index is -0.0496. The highest BCUT2D eigenvalue weighted by molar-refractivity contribution is 5.95. The number of carbonyl (C=O) groups is 2. The highest BCUT2D eigenvalue weighted by Crippen LogP contribution is 2.18. The van der Waals surface area contributed by atoms with E-state index in [1.165, 1.54) is 0 Å². The molecular formula is C27H27N5O3. The van der Waals surface area contributed by atoms with Gasteiger partial charge in [-0.15, -0.1) is 0 Å². The highest BCUT2D eigenvalue weighted by atomic mass is 16.5. The molecule has 2 amide bonds. The van der Waals surface area contributed by atoms with Crippen molar-refractivity contribution in [2.24, 2.45) is 0 Å². The van der Waals surface area contributed by atoms with Crippen LogP contribution in [0.5, 0.6) is 5.75 Å². The van der Waals surface area contributed by atoms with Crippen molar-refractivity contribution in [1.82, 2.24) is 19.2 Å². The molecule has 0 spiro atoms. The summed E-state index contributed by atoms with van der Waals surface area (Å²) in [6.07, 6.45) is 3.88. The second kappa shape index (κ2) is 10.4. The molecule has 2 aromatic carbocycles. The van der Waals surface area contributed by atoms with Crippen LogP contribution in [0.1, 0.15) is 16.1 Å². The smallest absolute Gasteiger partial charge is 0.254 e. The lowest BCUT2D eigenvalue weighted by Gasteiger charge is -2.34.